The number of aromatic nitrogens is 1. The fourth-order valence-electron chi connectivity index (χ4n) is 2.64. The molecule has 3 aromatic rings. The molecular weight excluding hydrogens is 326 g/mol. The first-order valence-corrected chi connectivity index (χ1v) is 8.10. The highest BCUT2D eigenvalue weighted by atomic mass is 19.2. The minimum atomic E-state index is -0.880. The van der Waals surface area contributed by atoms with Crippen molar-refractivity contribution in [2.45, 2.75) is 19.1 Å². The number of aliphatic hydroxyl groups excluding tert-OH is 1. The van der Waals surface area contributed by atoms with Crippen molar-refractivity contribution in [3.8, 4) is 5.75 Å². The van der Waals surface area contributed by atoms with E-state index in [2.05, 4.69) is 10.3 Å². The molecule has 6 heteroatoms. The van der Waals surface area contributed by atoms with Gasteiger partial charge in [-0.1, -0.05) is 12.1 Å². The lowest BCUT2D eigenvalue weighted by atomic mass is 10.1. The molecule has 2 atom stereocenters. The van der Waals surface area contributed by atoms with E-state index in [9.17, 15) is 13.9 Å². The summed E-state index contributed by atoms with van der Waals surface area (Å²) in [5.41, 5.74) is 1.58. The number of hydrogen-bond donors (Lipinski definition) is 3. The highest BCUT2D eigenvalue weighted by Gasteiger charge is 2.12. The number of H-pyrrole nitrogens is 1. The van der Waals surface area contributed by atoms with Crippen LogP contribution in [-0.2, 0) is 0 Å². The average Bonchev–Trinajstić information content (AvgIpc) is 3.09. The van der Waals surface area contributed by atoms with Gasteiger partial charge in [0.2, 0.25) is 0 Å². The molecule has 0 saturated carbocycles. The first kappa shape index (κ1) is 17.4. The molecule has 25 heavy (non-hydrogen) atoms. The molecule has 1 aromatic heterocycles. The van der Waals surface area contributed by atoms with Crippen molar-refractivity contribution >= 4 is 10.9 Å². The van der Waals surface area contributed by atoms with Crippen molar-refractivity contribution in [3.05, 3.63) is 65.9 Å². The molecule has 4 nitrogen and oxygen atoms in total. The van der Waals surface area contributed by atoms with Gasteiger partial charge >= 0.3 is 0 Å². The Morgan fingerprint density at radius 3 is 2.80 bits per heavy atom. The highest BCUT2D eigenvalue weighted by molar-refractivity contribution is 5.85. The van der Waals surface area contributed by atoms with Gasteiger partial charge in [0.05, 0.1) is 0 Å². The van der Waals surface area contributed by atoms with Crippen molar-refractivity contribution in [1.82, 2.24) is 10.3 Å². The Labute approximate surface area is 144 Å². The van der Waals surface area contributed by atoms with Crippen LogP contribution >= 0.6 is 0 Å². The molecule has 132 valence electrons. The number of rotatable bonds is 7. The second kappa shape index (κ2) is 7.63. The topological polar surface area (TPSA) is 57.3 Å². The van der Waals surface area contributed by atoms with E-state index in [4.69, 9.17) is 4.74 Å². The van der Waals surface area contributed by atoms with Crippen molar-refractivity contribution in [2.75, 3.05) is 13.2 Å². The summed E-state index contributed by atoms with van der Waals surface area (Å²) in [4.78, 5) is 3.10. The Kier molecular flexibility index (Phi) is 5.31. The van der Waals surface area contributed by atoms with Gasteiger partial charge in [0.25, 0.3) is 0 Å². The Hall–Kier alpha value is -2.44. The fraction of sp³-hybridized carbons (Fsp3) is 0.263. The molecule has 0 radical (unpaired) electrons. The summed E-state index contributed by atoms with van der Waals surface area (Å²) in [5, 5.41) is 14.1. The van der Waals surface area contributed by atoms with Crippen molar-refractivity contribution in [3.63, 3.8) is 0 Å². The summed E-state index contributed by atoms with van der Waals surface area (Å²) in [7, 11) is 0. The molecule has 0 amide bonds. The monoisotopic (exact) mass is 346 g/mol. The smallest absolute Gasteiger partial charge is 0.159 e. The molecule has 0 saturated heterocycles. The third-order valence-electron chi connectivity index (χ3n) is 4.09. The minimum absolute atomic E-state index is 0.127. The number of aromatic amines is 1. The maximum absolute atomic E-state index is 13.3. The van der Waals surface area contributed by atoms with Crippen molar-refractivity contribution in [2.24, 2.45) is 0 Å². The second-order valence-corrected chi connectivity index (χ2v) is 5.96. The zero-order valence-corrected chi connectivity index (χ0v) is 13.8. The standard InChI is InChI=1S/C19H20F2N2O2/c1-12(13-5-6-16(20)17(21)9-13)23-10-14(24)11-25-19-4-2-3-18-15(19)7-8-22-18/h2-9,12,14,22-24H,10-11H2,1H3. The number of ether oxygens (including phenoxy) is 1. The third kappa shape index (κ3) is 4.15. The lowest BCUT2D eigenvalue weighted by Gasteiger charge is -2.18. The summed E-state index contributed by atoms with van der Waals surface area (Å²) in [5.74, 6) is -1.05. The van der Waals surface area contributed by atoms with Gasteiger partial charge in [0, 0.05) is 29.7 Å². The number of hydrogen-bond acceptors (Lipinski definition) is 3. The van der Waals surface area contributed by atoms with Crippen LogP contribution in [0.15, 0.2) is 48.7 Å². The molecule has 1 heterocycles. The van der Waals surface area contributed by atoms with E-state index in [0.717, 1.165) is 23.0 Å². The lowest BCUT2D eigenvalue weighted by Crippen LogP contribution is -2.33. The maximum Gasteiger partial charge on any atom is 0.159 e. The molecule has 0 bridgehead atoms. The summed E-state index contributed by atoms with van der Waals surface area (Å²) >= 11 is 0. The lowest BCUT2D eigenvalue weighted by molar-refractivity contribution is 0.105. The molecule has 0 spiro atoms. The molecule has 3 rings (SSSR count). The Morgan fingerprint density at radius 2 is 2.00 bits per heavy atom. The molecule has 0 aliphatic heterocycles. The summed E-state index contributed by atoms with van der Waals surface area (Å²) in [6.45, 7) is 2.21. The van der Waals surface area contributed by atoms with E-state index >= 15 is 0 Å². The Bertz CT molecular complexity index is 850. The summed E-state index contributed by atoms with van der Waals surface area (Å²) in [6, 6.07) is 11.1. The quantitative estimate of drug-likeness (QED) is 0.613. The van der Waals surface area contributed by atoms with Gasteiger partial charge in [-0.2, -0.15) is 0 Å². The zero-order valence-electron chi connectivity index (χ0n) is 13.8. The first-order chi connectivity index (χ1) is 12.0. The van der Waals surface area contributed by atoms with Crippen LogP contribution < -0.4 is 10.1 Å². The van der Waals surface area contributed by atoms with Gasteiger partial charge in [0.15, 0.2) is 11.6 Å². The van der Waals surface area contributed by atoms with Gasteiger partial charge in [-0.25, -0.2) is 8.78 Å². The third-order valence-corrected chi connectivity index (χ3v) is 4.09. The summed E-state index contributed by atoms with van der Waals surface area (Å²) < 4.78 is 31.9. The van der Waals surface area contributed by atoms with E-state index in [1.807, 2.05) is 37.4 Å². The van der Waals surface area contributed by atoms with Crippen LogP contribution in [0, 0.1) is 11.6 Å². The summed E-state index contributed by atoms with van der Waals surface area (Å²) in [6.07, 6.45) is 1.10. The van der Waals surface area contributed by atoms with Gasteiger partial charge in [-0.3, -0.25) is 0 Å². The number of halogens is 2. The predicted molar refractivity (Wildman–Crippen MR) is 92.6 cm³/mol. The van der Waals surface area contributed by atoms with Gasteiger partial charge < -0.3 is 20.1 Å². The SMILES string of the molecule is CC(NCC(O)COc1cccc2[nH]ccc12)c1ccc(F)c(F)c1. The minimum Gasteiger partial charge on any atom is -0.490 e. The van der Waals surface area contributed by atoms with Crippen LogP contribution in [0.3, 0.4) is 0 Å². The van der Waals surface area contributed by atoms with E-state index in [0.29, 0.717) is 11.3 Å². The number of fused-ring (bicyclic) bond motifs is 1. The van der Waals surface area contributed by atoms with E-state index in [1.165, 1.54) is 6.07 Å². The van der Waals surface area contributed by atoms with Crippen LogP contribution in [0.1, 0.15) is 18.5 Å². The molecule has 0 fully saturated rings. The molecule has 2 aromatic carbocycles. The molecule has 0 aliphatic rings. The Morgan fingerprint density at radius 1 is 1.16 bits per heavy atom. The molecule has 3 N–H and O–H groups in total. The molecule has 0 aliphatic carbocycles. The van der Waals surface area contributed by atoms with Crippen LogP contribution in [0.2, 0.25) is 0 Å². The van der Waals surface area contributed by atoms with E-state index in [1.54, 1.807) is 0 Å². The largest absolute Gasteiger partial charge is 0.490 e. The Balaban J connectivity index is 1.51. The maximum atomic E-state index is 13.3. The van der Waals surface area contributed by atoms with Gasteiger partial charge in [-0.05, 0) is 42.8 Å². The van der Waals surface area contributed by atoms with E-state index in [-0.39, 0.29) is 19.2 Å². The second-order valence-electron chi connectivity index (χ2n) is 5.96. The van der Waals surface area contributed by atoms with Crippen molar-refractivity contribution in [1.29, 1.82) is 0 Å². The molecular formula is C19H20F2N2O2. The van der Waals surface area contributed by atoms with Crippen LogP contribution in [0.4, 0.5) is 8.78 Å². The van der Waals surface area contributed by atoms with Crippen molar-refractivity contribution < 1.29 is 18.6 Å². The number of nitrogens with one attached hydrogen (secondary N) is 2. The normalized spacial score (nSPS) is 13.8. The fourth-order valence-corrected chi connectivity index (χ4v) is 2.64. The van der Waals surface area contributed by atoms with E-state index < -0.39 is 17.7 Å². The van der Waals surface area contributed by atoms with Gasteiger partial charge in [0.1, 0.15) is 18.5 Å². The average molecular weight is 346 g/mol. The van der Waals surface area contributed by atoms with Crippen LogP contribution in [0.25, 0.3) is 10.9 Å². The highest BCUT2D eigenvalue weighted by Crippen LogP contribution is 2.24. The first-order valence-electron chi connectivity index (χ1n) is 8.10. The van der Waals surface area contributed by atoms with Crippen LogP contribution in [0.5, 0.6) is 5.75 Å². The molecule has 2 unspecified atom stereocenters. The van der Waals surface area contributed by atoms with Crippen LogP contribution in [-0.4, -0.2) is 29.3 Å². The number of aliphatic hydroxyl groups is 1. The predicted octanol–water partition coefficient (Wildman–Crippen LogP) is 3.54. The zero-order chi connectivity index (χ0) is 17.8. The number of benzene rings is 2. The van der Waals surface area contributed by atoms with Gasteiger partial charge in [-0.15, -0.1) is 0 Å².